The maximum absolute atomic E-state index is 5.69. The van der Waals surface area contributed by atoms with Crippen LogP contribution in [0, 0.1) is 6.92 Å². The molecule has 0 spiro atoms. The molecule has 0 aliphatic carbocycles. The summed E-state index contributed by atoms with van der Waals surface area (Å²) < 4.78 is 0. The van der Waals surface area contributed by atoms with Crippen LogP contribution in [0.5, 0.6) is 0 Å². The quantitative estimate of drug-likeness (QED) is 0.876. The SMILES string of the molecule is CCc1ccc(CN(C)Cc2ccc(CN)cc2C)cc1. The summed E-state index contributed by atoms with van der Waals surface area (Å²) in [5, 5.41) is 0. The van der Waals surface area contributed by atoms with E-state index in [1.165, 1.54) is 27.8 Å². The molecule has 2 nitrogen and oxygen atoms in total. The number of hydrogen-bond donors (Lipinski definition) is 1. The first-order valence-corrected chi connectivity index (χ1v) is 7.67. The van der Waals surface area contributed by atoms with E-state index >= 15 is 0 Å². The molecule has 0 amide bonds. The highest BCUT2D eigenvalue weighted by Gasteiger charge is 2.05. The Bertz CT molecular complexity index is 573. The normalized spacial score (nSPS) is 11.1. The molecule has 21 heavy (non-hydrogen) atoms. The molecule has 0 atom stereocenters. The van der Waals surface area contributed by atoms with Crippen molar-refractivity contribution in [3.63, 3.8) is 0 Å². The zero-order valence-electron chi connectivity index (χ0n) is 13.4. The highest BCUT2D eigenvalue weighted by atomic mass is 15.1. The van der Waals surface area contributed by atoms with Gasteiger partial charge in [-0.15, -0.1) is 0 Å². The van der Waals surface area contributed by atoms with Gasteiger partial charge in [0, 0.05) is 19.6 Å². The lowest BCUT2D eigenvalue weighted by Gasteiger charge is -2.19. The number of aryl methyl sites for hydroxylation is 2. The van der Waals surface area contributed by atoms with Crippen molar-refractivity contribution in [2.45, 2.75) is 39.9 Å². The minimum absolute atomic E-state index is 0.612. The number of nitrogens with two attached hydrogens (primary N) is 1. The van der Waals surface area contributed by atoms with E-state index in [1.807, 2.05) is 0 Å². The highest BCUT2D eigenvalue weighted by molar-refractivity contribution is 5.31. The van der Waals surface area contributed by atoms with Gasteiger partial charge in [-0.05, 0) is 48.2 Å². The summed E-state index contributed by atoms with van der Waals surface area (Å²) in [7, 11) is 2.17. The lowest BCUT2D eigenvalue weighted by Crippen LogP contribution is -2.18. The molecule has 112 valence electrons. The van der Waals surface area contributed by atoms with Crippen molar-refractivity contribution in [3.05, 3.63) is 70.3 Å². The summed E-state index contributed by atoms with van der Waals surface area (Å²) in [5.74, 6) is 0. The van der Waals surface area contributed by atoms with Gasteiger partial charge in [0.1, 0.15) is 0 Å². The Kier molecular flexibility index (Phi) is 5.54. The van der Waals surface area contributed by atoms with Gasteiger partial charge in [-0.1, -0.05) is 49.4 Å². The molecule has 0 saturated carbocycles. The van der Waals surface area contributed by atoms with Crippen molar-refractivity contribution in [1.29, 1.82) is 0 Å². The van der Waals surface area contributed by atoms with Gasteiger partial charge in [0.15, 0.2) is 0 Å². The first-order valence-electron chi connectivity index (χ1n) is 7.67. The Labute approximate surface area is 128 Å². The number of nitrogens with zero attached hydrogens (tertiary/aromatic N) is 1. The smallest absolute Gasteiger partial charge is 0.0236 e. The summed E-state index contributed by atoms with van der Waals surface area (Å²) in [4.78, 5) is 2.35. The van der Waals surface area contributed by atoms with Gasteiger partial charge in [-0.25, -0.2) is 0 Å². The predicted octanol–water partition coefficient (Wildman–Crippen LogP) is 3.65. The number of rotatable bonds is 6. The standard InChI is InChI=1S/C19H26N2/c1-4-16-5-7-17(8-6-16)13-21(3)14-19-10-9-18(12-20)11-15(19)2/h5-11H,4,12-14,20H2,1-3H3. The lowest BCUT2D eigenvalue weighted by molar-refractivity contribution is 0.318. The number of benzene rings is 2. The third-order valence-electron chi connectivity index (χ3n) is 3.97. The molecule has 0 bridgehead atoms. The van der Waals surface area contributed by atoms with E-state index in [-0.39, 0.29) is 0 Å². The summed E-state index contributed by atoms with van der Waals surface area (Å²) in [6.07, 6.45) is 1.10. The van der Waals surface area contributed by atoms with E-state index in [0.717, 1.165) is 19.5 Å². The summed E-state index contributed by atoms with van der Waals surface area (Å²) in [5.41, 5.74) is 12.4. The largest absolute Gasteiger partial charge is 0.326 e. The number of hydrogen-bond acceptors (Lipinski definition) is 2. The molecule has 0 unspecified atom stereocenters. The molecule has 2 N–H and O–H groups in total. The van der Waals surface area contributed by atoms with Crippen LogP contribution >= 0.6 is 0 Å². The molecule has 0 aromatic heterocycles. The van der Waals surface area contributed by atoms with Gasteiger partial charge in [0.2, 0.25) is 0 Å². The van der Waals surface area contributed by atoms with Crippen molar-refractivity contribution in [2.75, 3.05) is 7.05 Å². The molecule has 2 aromatic carbocycles. The molecule has 2 heteroatoms. The van der Waals surface area contributed by atoms with Gasteiger partial charge in [0.05, 0.1) is 0 Å². The minimum Gasteiger partial charge on any atom is -0.326 e. The molecule has 0 aliphatic heterocycles. The second-order valence-electron chi connectivity index (χ2n) is 5.81. The van der Waals surface area contributed by atoms with Gasteiger partial charge in [0.25, 0.3) is 0 Å². The zero-order valence-corrected chi connectivity index (χ0v) is 13.4. The summed E-state index contributed by atoms with van der Waals surface area (Å²) in [6.45, 7) is 6.91. The van der Waals surface area contributed by atoms with Gasteiger partial charge in [-0.2, -0.15) is 0 Å². The van der Waals surface area contributed by atoms with Gasteiger partial charge >= 0.3 is 0 Å². The average molecular weight is 282 g/mol. The van der Waals surface area contributed by atoms with Crippen LogP contribution < -0.4 is 5.73 Å². The Hall–Kier alpha value is -1.64. The summed E-state index contributed by atoms with van der Waals surface area (Å²) >= 11 is 0. The van der Waals surface area contributed by atoms with Crippen LogP contribution in [-0.2, 0) is 26.1 Å². The fraction of sp³-hybridized carbons (Fsp3) is 0.368. The van der Waals surface area contributed by atoms with Crippen LogP contribution in [0.3, 0.4) is 0 Å². The molecule has 0 radical (unpaired) electrons. The third kappa shape index (κ3) is 4.42. The van der Waals surface area contributed by atoms with Gasteiger partial charge in [-0.3, -0.25) is 4.90 Å². The second kappa shape index (κ2) is 7.39. The monoisotopic (exact) mass is 282 g/mol. The Morgan fingerprint density at radius 2 is 1.52 bits per heavy atom. The van der Waals surface area contributed by atoms with Crippen LogP contribution in [0.15, 0.2) is 42.5 Å². The molecule has 2 aromatic rings. The summed E-state index contributed by atoms with van der Waals surface area (Å²) in [6, 6.07) is 15.5. The maximum atomic E-state index is 5.69. The van der Waals surface area contributed by atoms with Crippen molar-refractivity contribution in [3.8, 4) is 0 Å². The fourth-order valence-corrected chi connectivity index (χ4v) is 2.60. The Balaban J connectivity index is 1.98. The van der Waals surface area contributed by atoms with Crippen LogP contribution in [0.25, 0.3) is 0 Å². The highest BCUT2D eigenvalue weighted by Crippen LogP contribution is 2.15. The van der Waals surface area contributed by atoms with Crippen molar-refractivity contribution >= 4 is 0 Å². The maximum Gasteiger partial charge on any atom is 0.0236 e. The van der Waals surface area contributed by atoms with E-state index in [4.69, 9.17) is 5.73 Å². The predicted molar refractivity (Wildman–Crippen MR) is 90.1 cm³/mol. The fourth-order valence-electron chi connectivity index (χ4n) is 2.60. The first kappa shape index (κ1) is 15.7. The molecule has 2 rings (SSSR count). The van der Waals surface area contributed by atoms with Crippen LogP contribution in [0.4, 0.5) is 0 Å². The van der Waals surface area contributed by atoms with E-state index in [2.05, 4.69) is 68.3 Å². The Morgan fingerprint density at radius 3 is 2.10 bits per heavy atom. The molecule has 0 saturated heterocycles. The van der Waals surface area contributed by atoms with Gasteiger partial charge < -0.3 is 5.73 Å². The van der Waals surface area contributed by atoms with E-state index in [0.29, 0.717) is 6.54 Å². The zero-order chi connectivity index (χ0) is 15.2. The Morgan fingerprint density at radius 1 is 0.905 bits per heavy atom. The second-order valence-corrected chi connectivity index (χ2v) is 5.81. The average Bonchev–Trinajstić information content (AvgIpc) is 2.50. The van der Waals surface area contributed by atoms with Crippen molar-refractivity contribution in [2.24, 2.45) is 5.73 Å². The molecule has 0 aliphatic rings. The molecular weight excluding hydrogens is 256 g/mol. The first-order chi connectivity index (χ1) is 10.1. The lowest BCUT2D eigenvalue weighted by atomic mass is 10.0. The minimum atomic E-state index is 0.612. The van der Waals surface area contributed by atoms with Crippen LogP contribution in [0.2, 0.25) is 0 Å². The topological polar surface area (TPSA) is 29.3 Å². The molecular formula is C19H26N2. The molecule has 0 fully saturated rings. The van der Waals surface area contributed by atoms with E-state index in [1.54, 1.807) is 0 Å². The molecule has 0 heterocycles. The van der Waals surface area contributed by atoms with Crippen LogP contribution in [-0.4, -0.2) is 11.9 Å². The van der Waals surface area contributed by atoms with E-state index < -0.39 is 0 Å². The third-order valence-corrected chi connectivity index (χ3v) is 3.97. The van der Waals surface area contributed by atoms with E-state index in [9.17, 15) is 0 Å². The van der Waals surface area contributed by atoms with Crippen molar-refractivity contribution in [1.82, 2.24) is 4.90 Å². The van der Waals surface area contributed by atoms with Crippen LogP contribution in [0.1, 0.15) is 34.7 Å². The van der Waals surface area contributed by atoms with Crippen molar-refractivity contribution < 1.29 is 0 Å².